The molecule has 0 spiro atoms. The molecule has 3 aromatic rings. The summed E-state index contributed by atoms with van der Waals surface area (Å²) in [5, 5.41) is 5.16. The molecule has 1 aromatic carbocycles. The van der Waals surface area contributed by atoms with Crippen LogP contribution in [0.3, 0.4) is 0 Å². The second kappa shape index (κ2) is 7.44. The Balaban J connectivity index is 1.71. The second-order valence-electron chi connectivity index (χ2n) is 6.47. The summed E-state index contributed by atoms with van der Waals surface area (Å²) < 4.78 is 0. The van der Waals surface area contributed by atoms with Gasteiger partial charge in [-0.05, 0) is 49.9 Å². The number of nitrogens with zero attached hydrogens (tertiary/aromatic N) is 3. The van der Waals surface area contributed by atoms with Crippen LogP contribution in [0.15, 0.2) is 59.8 Å². The van der Waals surface area contributed by atoms with E-state index in [1.165, 1.54) is 6.42 Å². The Morgan fingerprint density at radius 3 is 2.58 bits per heavy atom. The van der Waals surface area contributed by atoms with Gasteiger partial charge in [0.2, 0.25) is 0 Å². The molecular weight excluding hydrogens is 324 g/mol. The first-order chi connectivity index (χ1) is 12.8. The number of hydrogen-bond donors (Lipinski definition) is 1. The minimum Gasteiger partial charge on any atom is -0.267 e. The zero-order chi connectivity index (χ0) is 17.8. The molecule has 2 heterocycles. The monoisotopic (exact) mass is 344 g/mol. The number of benzene rings is 1. The minimum absolute atomic E-state index is 0.209. The largest absolute Gasteiger partial charge is 0.272 e. The topological polar surface area (TPSA) is 67.2 Å². The van der Waals surface area contributed by atoms with Crippen LogP contribution in [0.5, 0.6) is 0 Å². The summed E-state index contributed by atoms with van der Waals surface area (Å²) in [5.41, 5.74) is 6.57. The lowest BCUT2D eigenvalue weighted by Gasteiger charge is -2.13. The van der Waals surface area contributed by atoms with Crippen molar-refractivity contribution in [1.82, 2.24) is 15.4 Å². The highest BCUT2D eigenvalue weighted by atomic mass is 16.2. The lowest BCUT2D eigenvalue weighted by atomic mass is 9.99. The van der Waals surface area contributed by atoms with E-state index in [1.807, 2.05) is 42.5 Å². The number of carbonyl (C=O) groups excluding carboxylic acids is 1. The van der Waals surface area contributed by atoms with Crippen LogP contribution in [-0.4, -0.2) is 21.6 Å². The summed E-state index contributed by atoms with van der Waals surface area (Å²) >= 11 is 0. The SMILES string of the molecule is O=C(NN=C1CCCCC1)c1cc(-c2ccccn2)nc2ccccc12. The van der Waals surface area contributed by atoms with Gasteiger partial charge < -0.3 is 0 Å². The van der Waals surface area contributed by atoms with Crippen LogP contribution in [0.4, 0.5) is 0 Å². The van der Waals surface area contributed by atoms with Crippen LogP contribution >= 0.6 is 0 Å². The van der Waals surface area contributed by atoms with E-state index >= 15 is 0 Å². The molecule has 1 aliphatic rings. The minimum atomic E-state index is -0.209. The summed E-state index contributed by atoms with van der Waals surface area (Å²) in [6.07, 6.45) is 7.21. The fourth-order valence-corrected chi connectivity index (χ4v) is 3.27. The van der Waals surface area contributed by atoms with Crippen LogP contribution in [0.1, 0.15) is 42.5 Å². The van der Waals surface area contributed by atoms with E-state index in [2.05, 4.69) is 20.5 Å². The first-order valence-electron chi connectivity index (χ1n) is 8.98. The highest BCUT2D eigenvalue weighted by Crippen LogP contribution is 2.23. The first kappa shape index (κ1) is 16.4. The van der Waals surface area contributed by atoms with Gasteiger partial charge in [0.05, 0.1) is 22.5 Å². The van der Waals surface area contributed by atoms with Crippen molar-refractivity contribution in [3.05, 3.63) is 60.3 Å². The Hall–Kier alpha value is -3.08. The molecule has 0 atom stereocenters. The third-order valence-electron chi connectivity index (χ3n) is 4.63. The number of hydrogen-bond acceptors (Lipinski definition) is 4. The molecule has 5 heteroatoms. The van der Waals surface area contributed by atoms with Crippen molar-refractivity contribution < 1.29 is 4.79 Å². The van der Waals surface area contributed by atoms with E-state index in [0.717, 1.165) is 48.0 Å². The Kier molecular flexibility index (Phi) is 4.69. The predicted octanol–water partition coefficient (Wildman–Crippen LogP) is 4.35. The van der Waals surface area contributed by atoms with Crippen LogP contribution in [0.25, 0.3) is 22.3 Å². The Morgan fingerprint density at radius 1 is 0.962 bits per heavy atom. The number of hydrazone groups is 1. The molecule has 0 radical (unpaired) electrons. The van der Waals surface area contributed by atoms with Crippen LogP contribution in [0.2, 0.25) is 0 Å². The Bertz CT molecular complexity index is 958. The fraction of sp³-hybridized carbons (Fsp3) is 0.238. The van der Waals surface area contributed by atoms with Crippen molar-refractivity contribution in [3.63, 3.8) is 0 Å². The van der Waals surface area contributed by atoms with Gasteiger partial charge in [-0.3, -0.25) is 9.78 Å². The van der Waals surface area contributed by atoms with Gasteiger partial charge in [0.15, 0.2) is 0 Å². The predicted molar refractivity (Wildman–Crippen MR) is 103 cm³/mol. The molecule has 1 aliphatic carbocycles. The molecule has 0 bridgehead atoms. The normalized spacial score (nSPS) is 14.2. The third kappa shape index (κ3) is 3.47. The molecule has 0 unspecified atom stereocenters. The highest BCUT2D eigenvalue weighted by molar-refractivity contribution is 6.07. The van der Waals surface area contributed by atoms with E-state index in [9.17, 15) is 4.79 Å². The van der Waals surface area contributed by atoms with Crippen LogP contribution < -0.4 is 5.43 Å². The average molecular weight is 344 g/mol. The molecule has 0 aliphatic heterocycles. The van der Waals surface area contributed by atoms with Crippen molar-refractivity contribution in [2.75, 3.05) is 0 Å². The highest BCUT2D eigenvalue weighted by Gasteiger charge is 2.15. The number of amides is 1. The fourth-order valence-electron chi connectivity index (χ4n) is 3.27. The summed E-state index contributed by atoms with van der Waals surface area (Å²) in [6.45, 7) is 0. The molecule has 26 heavy (non-hydrogen) atoms. The Labute approximate surface area is 152 Å². The van der Waals surface area contributed by atoms with E-state index in [-0.39, 0.29) is 5.91 Å². The molecule has 5 nitrogen and oxygen atoms in total. The van der Waals surface area contributed by atoms with Gasteiger partial charge in [0.1, 0.15) is 0 Å². The maximum absolute atomic E-state index is 12.8. The van der Waals surface area contributed by atoms with Gasteiger partial charge in [0, 0.05) is 17.3 Å². The van der Waals surface area contributed by atoms with E-state index in [1.54, 1.807) is 12.3 Å². The molecule has 1 saturated carbocycles. The number of aromatic nitrogens is 2. The number of carbonyl (C=O) groups is 1. The quantitative estimate of drug-likeness (QED) is 0.718. The zero-order valence-corrected chi connectivity index (χ0v) is 14.5. The summed E-state index contributed by atoms with van der Waals surface area (Å²) in [6, 6.07) is 15.1. The van der Waals surface area contributed by atoms with Gasteiger partial charge in [0.25, 0.3) is 5.91 Å². The van der Waals surface area contributed by atoms with Crippen LogP contribution in [-0.2, 0) is 0 Å². The van der Waals surface area contributed by atoms with E-state index < -0.39 is 0 Å². The maximum Gasteiger partial charge on any atom is 0.272 e. The van der Waals surface area contributed by atoms with E-state index in [0.29, 0.717) is 11.3 Å². The maximum atomic E-state index is 12.8. The number of para-hydroxylation sites is 1. The lowest BCUT2D eigenvalue weighted by molar-refractivity contribution is 0.0956. The van der Waals surface area contributed by atoms with Gasteiger partial charge in [-0.15, -0.1) is 0 Å². The second-order valence-corrected chi connectivity index (χ2v) is 6.47. The van der Waals surface area contributed by atoms with E-state index in [4.69, 9.17) is 0 Å². The van der Waals surface area contributed by atoms with Gasteiger partial charge in [-0.2, -0.15) is 5.10 Å². The molecular formula is C21H20N4O. The number of nitrogens with one attached hydrogen (secondary N) is 1. The average Bonchev–Trinajstić information content (AvgIpc) is 2.72. The summed E-state index contributed by atoms with van der Waals surface area (Å²) in [7, 11) is 0. The summed E-state index contributed by atoms with van der Waals surface area (Å²) in [5.74, 6) is -0.209. The molecule has 1 amide bonds. The Morgan fingerprint density at radius 2 is 1.77 bits per heavy atom. The van der Waals surface area contributed by atoms with Crippen molar-refractivity contribution in [3.8, 4) is 11.4 Å². The van der Waals surface area contributed by atoms with Gasteiger partial charge >= 0.3 is 0 Å². The van der Waals surface area contributed by atoms with Crippen molar-refractivity contribution in [1.29, 1.82) is 0 Å². The third-order valence-corrected chi connectivity index (χ3v) is 4.63. The standard InChI is InChI=1S/C21H20N4O/c26-21(25-24-15-8-2-1-3-9-15)17-14-20(19-12-6-7-13-22-19)23-18-11-5-4-10-16(17)18/h4-7,10-14H,1-3,8-9H2,(H,25,26). The van der Waals surface area contributed by atoms with Gasteiger partial charge in [-0.1, -0.05) is 30.7 Å². The number of fused-ring (bicyclic) bond motifs is 1. The van der Waals surface area contributed by atoms with Crippen molar-refractivity contribution in [2.45, 2.75) is 32.1 Å². The first-order valence-corrected chi connectivity index (χ1v) is 8.98. The molecule has 0 saturated heterocycles. The smallest absolute Gasteiger partial charge is 0.267 e. The molecule has 2 aromatic heterocycles. The van der Waals surface area contributed by atoms with Crippen molar-refractivity contribution >= 4 is 22.5 Å². The number of rotatable bonds is 3. The van der Waals surface area contributed by atoms with Gasteiger partial charge in [-0.25, -0.2) is 10.4 Å². The molecule has 4 rings (SSSR count). The van der Waals surface area contributed by atoms with Crippen LogP contribution in [0, 0.1) is 0 Å². The zero-order valence-electron chi connectivity index (χ0n) is 14.5. The van der Waals surface area contributed by atoms with Crippen molar-refractivity contribution in [2.24, 2.45) is 5.10 Å². The lowest BCUT2D eigenvalue weighted by Crippen LogP contribution is -2.21. The molecule has 1 fully saturated rings. The molecule has 1 N–H and O–H groups in total. The number of pyridine rings is 2. The summed E-state index contributed by atoms with van der Waals surface area (Å²) in [4.78, 5) is 21.8. The molecule has 130 valence electrons.